The maximum Gasteiger partial charge on any atom is 0.118 e. The fraction of sp³-hybridized carbons (Fsp3) is 0.471. The number of benzene rings is 1. The van der Waals surface area contributed by atoms with Crippen molar-refractivity contribution in [2.24, 2.45) is 0 Å². The van der Waals surface area contributed by atoms with Crippen LogP contribution in [0.4, 0.5) is 0 Å². The molecular weight excluding hydrogens is 262 g/mol. The van der Waals surface area contributed by atoms with Gasteiger partial charge >= 0.3 is 0 Å². The quantitative estimate of drug-likeness (QED) is 0.811. The first-order chi connectivity index (χ1) is 10.3. The maximum atomic E-state index is 5.20. The van der Waals surface area contributed by atoms with E-state index in [1.165, 1.54) is 5.56 Å². The molecule has 4 nitrogen and oxygen atoms in total. The third kappa shape index (κ3) is 4.33. The lowest BCUT2D eigenvalue weighted by molar-refractivity contribution is 0.414. The molecule has 2 rings (SSSR count). The fourth-order valence-corrected chi connectivity index (χ4v) is 2.52. The topological polar surface area (TPSA) is 39.1 Å². The minimum Gasteiger partial charge on any atom is -0.497 e. The summed E-state index contributed by atoms with van der Waals surface area (Å²) in [6, 6.07) is 8.67. The van der Waals surface area contributed by atoms with Crippen LogP contribution in [0.15, 0.2) is 36.7 Å². The Balaban J connectivity index is 2.00. The lowest BCUT2D eigenvalue weighted by atomic mass is 10.0. The standard InChI is InChI=1S/C17H25N3O/c1-4-10-20-11-9-19-17(20)13-15(18-2)12-14-5-7-16(21-3)8-6-14/h5-9,11,15,18H,4,10,12-13H2,1-3H3. The SMILES string of the molecule is CCCn1ccnc1CC(Cc1ccc(OC)cc1)NC. The number of nitrogens with one attached hydrogen (secondary N) is 1. The molecule has 0 aliphatic rings. The summed E-state index contributed by atoms with van der Waals surface area (Å²) in [5.74, 6) is 2.06. The summed E-state index contributed by atoms with van der Waals surface area (Å²) in [6.07, 6.45) is 7.02. The van der Waals surface area contributed by atoms with Gasteiger partial charge in [0.2, 0.25) is 0 Å². The maximum absolute atomic E-state index is 5.20. The van der Waals surface area contributed by atoms with Crippen LogP contribution in [-0.2, 0) is 19.4 Å². The Morgan fingerprint density at radius 3 is 2.62 bits per heavy atom. The zero-order valence-corrected chi connectivity index (χ0v) is 13.2. The van der Waals surface area contributed by atoms with Gasteiger partial charge in [-0.05, 0) is 37.6 Å². The Morgan fingerprint density at radius 2 is 2.00 bits per heavy atom. The molecular formula is C17H25N3O. The average Bonchev–Trinajstić information content (AvgIpc) is 2.95. The van der Waals surface area contributed by atoms with E-state index in [0.717, 1.165) is 37.4 Å². The molecule has 114 valence electrons. The molecule has 0 fully saturated rings. The predicted molar refractivity (Wildman–Crippen MR) is 85.8 cm³/mol. The smallest absolute Gasteiger partial charge is 0.118 e. The molecule has 1 atom stereocenters. The van der Waals surface area contributed by atoms with Gasteiger partial charge in [0.15, 0.2) is 0 Å². The molecule has 0 saturated heterocycles. The minimum absolute atomic E-state index is 0.386. The van der Waals surface area contributed by atoms with Crippen molar-refractivity contribution in [1.29, 1.82) is 0 Å². The number of hydrogen-bond donors (Lipinski definition) is 1. The molecule has 0 bridgehead atoms. The summed E-state index contributed by atoms with van der Waals surface area (Å²) < 4.78 is 7.45. The largest absolute Gasteiger partial charge is 0.497 e. The van der Waals surface area contributed by atoms with Crippen molar-refractivity contribution in [3.8, 4) is 5.75 Å². The zero-order valence-electron chi connectivity index (χ0n) is 13.2. The third-order valence-electron chi connectivity index (χ3n) is 3.74. The van der Waals surface area contributed by atoms with Gasteiger partial charge in [0.25, 0.3) is 0 Å². The number of likely N-dealkylation sites (N-methyl/N-ethyl adjacent to an activating group) is 1. The van der Waals surface area contributed by atoms with E-state index in [4.69, 9.17) is 4.74 Å². The highest BCUT2D eigenvalue weighted by Gasteiger charge is 2.12. The second kappa shape index (κ2) is 7.84. The first-order valence-corrected chi connectivity index (χ1v) is 7.57. The van der Waals surface area contributed by atoms with Gasteiger partial charge in [-0.15, -0.1) is 0 Å². The monoisotopic (exact) mass is 287 g/mol. The summed E-state index contributed by atoms with van der Waals surface area (Å²) in [5.41, 5.74) is 1.31. The average molecular weight is 287 g/mol. The van der Waals surface area contributed by atoms with Gasteiger partial charge in [-0.3, -0.25) is 0 Å². The summed E-state index contributed by atoms with van der Waals surface area (Å²) in [7, 11) is 3.71. The van der Waals surface area contributed by atoms with Crippen molar-refractivity contribution in [2.75, 3.05) is 14.2 Å². The highest BCUT2D eigenvalue weighted by Crippen LogP contribution is 2.14. The minimum atomic E-state index is 0.386. The summed E-state index contributed by atoms with van der Waals surface area (Å²) in [4.78, 5) is 4.49. The van der Waals surface area contributed by atoms with Gasteiger partial charge in [-0.25, -0.2) is 4.98 Å². The number of nitrogens with zero attached hydrogens (tertiary/aromatic N) is 2. The van der Waals surface area contributed by atoms with E-state index in [-0.39, 0.29) is 0 Å². The van der Waals surface area contributed by atoms with Gasteiger partial charge in [-0.1, -0.05) is 19.1 Å². The first-order valence-electron chi connectivity index (χ1n) is 7.57. The predicted octanol–water partition coefficient (Wildman–Crippen LogP) is 2.67. The summed E-state index contributed by atoms with van der Waals surface area (Å²) in [6.45, 7) is 3.23. The van der Waals surface area contributed by atoms with Gasteiger partial charge in [0, 0.05) is 31.4 Å². The number of imidazole rings is 1. The van der Waals surface area contributed by atoms with E-state index in [2.05, 4.69) is 40.1 Å². The van der Waals surface area contributed by atoms with Gasteiger partial charge in [-0.2, -0.15) is 0 Å². The van der Waals surface area contributed by atoms with Crippen molar-refractivity contribution < 1.29 is 4.74 Å². The number of rotatable bonds is 8. The fourth-order valence-electron chi connectivity index (χ4n) is 2.52. The molecule has 0 radical (unpaired) electrons. The molecule has 0 aliphatic carbocycles. The van der Waals surface area contributed by atoms with Crippen LogP contribution in [0.3, 0.4) is 0 Å². The molecule has 1 N–H and O–H groups in total. The summed E-state index contributed by atoms with van der Waals surface area (Å²) >= 11 is 0. The van der Waals surface area contributed by atoms with Crippen molar-refractivity contribution in [3.63, 3.8) is 0 Å². The Bertz CT molecular complexity index is 533. The van der Waals surface area contributed by atoms with Crippen LogP contribution in [0.2, 0.25) is 0 Å². The lowest BCUT2D eigenvalue weighted by Crippen LogP contribution is -2.31. The van der Waals surface area contributed by atoms with Gasteiger partial charge < -0.3 is 14.6 Å². The number of ether oxygens (including phenoxy) is 1. The molecule has 1 unspecified atom stereocenters. The van der Waals surface area contributed by atoms with Crippen LogP contribution < -0.4 is 10.1 Å². The molecule has 1 heterocycles. The molecule has 0 spiro atoms. The third-order valence-corrected chi connectivity index (χ3v) is 3.74. The van der Waals surface area contributed by atoms with Gasteiger partial charge in [0.1, 0.15) is 11.6 Å². The molecule has 1 aromatic carbocycles. The second-order valence-corrected chi connectivity index (χ2v) is 5.28. The highest BCUT2D eigenvalue weighted by molar-refractivity contribution is 5.27. The number of aryl methyl sites for hydroxylation is 1. The molecule has 4 heteroatoms. The van der Waals surface area contributed by atoms with Crippen molar-refractivity contribution in [2.45, 2.75) is 38.8 Å². The number of methoxy groups -OCH3 is 1. The van der Waals surface area contributed by atoms with E-state index in [9.17, 15) is 0 Å². The number of aromatic nitrogens is 2. The van der Waals surface area contributed by atoms with E-state index >= 15 is 0 Å². The van der Waals surface area contributed by atoms with Crippen LogP contribution in [0.5, 0.6) is 5.75 Å². The van der Waals surface area contributed by atoms with Crippen molar-refractivity contribution in [1.82, 2.24) is 14.9 Å². The molecule has 21 heavy (non-hydrogen) atoms. The van der Waals surface area contributed by atoms with Gasteiger partial charge in [0.05, 0.1) is 7.11 Å². The van der Waals surface area contributed by atoms with Crippen LogP contribution in [0.25, 0.3) is 0 Å². The van der Waals surface area contributed by atoms with Crippen molar-refractivity contribution in [3.05, 3.63) is 48.0 Å². The highest BCUT2D eigenvalue weighted by atomic mass is 16.5. The van der Waals surface area contributed by atoms with E-state index in [1.54, 1.807) is 7.11 Å². The Kier molecular flexibility index (Phi) is 5.81. The van der Waals surface area contributed by atoms with Crippen LogP contribution in [0, 0.1) is 0 Å². The molecule has 0 amide bonds. The number of hydrogen-bond acceptors (Lipinski definition) is 3. The van der Waals surface area contributed by atoms with Crippen molar-refractivity contribution >= 4 is 0 Å². The Labute approximate surface area is 127 Å². The molecule has 0 saturated carbocycles. The zero-order chi connectivity index (χ0) is 15.1. The molecule has 2 aromatic rings. The van der Waals surface area contributed by atoms with E-state index < -0.39 is 0 Å². The second-order valence-electron chi connectivity index (χ2n) is 5.28. The normalized spacial score (nSPS) is 12.3. The Morgan fingerprint density at radius 1 is 1.24 bits per heavy atom. The summed E-state index contributed by atoms with van der Waals surface area (Å²) in [5, 5.41) is 3.40. The van der Waals surface area contributed by atoms with E-state index in [1.807, 2.05) is 25.4 Å². The molecule has 0 aliphatic heterocycles. The first kappa shape index (κ1) is 15.6. The van der Waals surface area contributed by atoms with Crippen LogP contribution in [0.1, 0.15) is 24.7 Å². The molecule has 1 aromatic heterocycles. The Hall–Kier alpha value is -1.81. The van der Waals surface area contributed by atoms with Crippen LogP contribution >= 0.6 is 0 Å². The van der Waals surface area contributed by atoms with E-state index in [0.29, 0.717) is 6.04 Å². The lowest BCUT2D eigenvalue weighted by Gasteiger charge is -2.17. The van der Waals surface area contributed by atoms with Crippen LogP contribution in [-0.4, -0.2) is 29.8 Å².